The molecule has 7 heteroatoms. The molecule has 4 nitrogen and oxygen atoms in total. The van der Waals surface area contributed by atoms with Gasteiger partial charge in [0.15, 0.2) is 0 Å². The number of aliphatic hydroxyl groups excluding tert-OH is 1. The van der Waals surface area contributed by atoms with Gasteiger partial charge in [-0.3, -0.25) is 0 Å². The van der Waals surface area contributed by atoms with Crippen molar-refractivity contribution in [2.45, 2.75) is 25.0 Å². The average molecular weight is 315 g/mol. The fraction of sp³-hybridized carbons (Fsp3) is 0.231. The predicted molar refractivity (Wildman–Crippen MR) is 75.4 cm³/mol. The van der Waals surface area contributed by atoms with E-state index in [-0.39, 0.29) is 17.0 Å². The summed E-state index contributed by atoms with van der Waals surface area (Å²) in [6.45, 7) is 1.59. The van der Waals surface area contributed by atoms with Crippen molar-refractivity contribution in [2.24, 2.45) is 0 Å². The topological polar surface area (TPSA) is 66.4 Å². The molecule has 0 amide bonds. The predicted octanol–water partition coefficient (Wildman–Crippen LogP) is 2.17. The fourth-order valence-corrected chi connectivity index (χ4v) is 3.65. The summed E-state index contributed by atoms with van der Waals surface area (Å²) in [4.78, 5) is 1.94. The molecule has 0 atom stereocenters. The summed E-state index contributed by atoms with van der Waals surface area (Å²) in [7, 11) is -3.72. The number of thiophene rings is 1. The number of benzene rings is 1. The summed E-state index contributed by atoms with van der Waals surface area (Å²) in [5.74, 6) is -0.625. The third kappa shape index (κ3) is 3.43. The largest absolute Gasteiger partial charge is 0.392 e. The van der Waals surface area contributed by atoms with E-state index in [2.05, 4.69) is 4.72 Å². The summed E-state index contributed by atoms with van der Waals surface area (Å²) in [6, 6.07) is 7.12. The first-order valence-corrected chi connectivity index (χ1v) is 8.16. The summed E-state index contributed by atoms with van der Waals surface area (Å²) >= 11 is 1.51. The van der Waals surface area contributed by atoms with Gasteiger partial charge in [-0.25, -0.2) is 17.5 Å². The highest BCUT2D eigenvalue weighted by molar-refractivity contribution is 7.89. The lowest BCUT2D eigenvalue weighted by Gasteiger charge is -2.07. The van der Waals surface area contributed by atoms with E-state index in [4.69, 9.17) is 5.11 Å². The van der Waals surface area contributed by atoms with E-state index in [1.807, 2.05) is 19.1 Å². The van der Waals surface area contributed by atoms with Crippen molar-refractivity contribution in [3.63, 3.8) is 0 Å². The van der Waals surface area contributed by atoms with Crippen LogP contribution in [-0.2, 0) is 23.2 Å². The SMILES string of the molecule is Cc1ccc(CNS(=O)(=O)c2ccc(F)c(CO)c2)s1. The van der Waals surface area contributed by atoms with Crippen LogP contribution >= 0.6 is 11.3 Å². The van der Waals surface area contributed by atoms with Gasteiger partial charge in [0, 0.05) is 21.9 Å². The maximum Gasteiger partial charge on any atom is 0.240 e. The van der Waals surface area contributed by atoms with Crippen LogP contribution < -0.4 is 4.72 Å². The van der Waals surface area contributed by atoms with Gasteiger partial charge >= 0.3 is 0 Å². The molecule has 0 aliphatic rings. The zero-order chi connectivity index (χ0) is 14.8. The second-order valence-corrected chi connectivity index (χ2v) is 7.39. The molecular formula is C13H14FNO3S2. The van der Waals surface area contributed by atoms with Crippen LogP contribution in [0.2, 0.25) is 0 Å². The van der Waals surface area contributed by atoms with Crippen molar-refractivity contribution in [2.75, 3.05) is 0 Å². The van der Waals surface area contributed by atoms with Crippen LogP contribution in [0.25, 0.3) is 0 Å². The Bertz CT molecular complexity index is 710. The smallest absolute Gasteiger partial charge is 0.240 e. The molecule has 0 spiro atoms. The second-order valence-electron chi connectivity index (χ2n) is 4.25. The van der Waals surface area contributed by atoms with Crippen LogP contribution in [0, 0.1) is 12.7 Å². The minimum absolute atomic E-state index is 0.0418. The third-order valence-corrected chi connectivity index (χ3v) is 5.13. The van der Waals surface area contributed by atoms with Crippen molar-refractivity contribution in [1.82, 2.24) is 4.72 Å². The molecule has 20 heavy (non-hydrogen) atoms. The highest BCUT2D eigenvalue weighted by Gasteiger charge is 2.16. The maximum absolute atomic E-state index is 13.2. The number of aliphatic hydroxyl groups is 1. The van der Waals surface area contributed by atoms with Gasteiger partial charge in [0.2, 0.25) is 10.0 Å². The van der Waals surface area contributed by atoms with Crippen LogP contribution in [0.15, 0.2) is 35.2 Å². The Morgan fingerprint density at radius 1 is 1.30 bits per heavy atom. The summed E-state index contributed by atoms with van der Waals surface area (Å²) in [5, 5.41) is 8.97. The maximum atomic E-state index is 13.2. The number of sulfonamides is 1. The summed E-state index contributed by atoms with van der Waals surface area (Å²) in [6.07, 6.45) is 0. The number of hydrogen-bond donors (Lipinski definition) is 2. The first kappa shape index (κ1) is 15.1. The lowest BCUT2D eigenvalue weighted by Crippen LogP contribution is -2.23. The van der Waals surface area contributed by atoms with Crippen LogP contribution in [0.5, 0.6) is 0 Å². The number of halogens is 1. The van der Waals surface area contributed by atoms with Crippen molar-refractivity contribution in [1.29, 1.82) is 0 Å². The van der Waals surface area contributed by atoms with Crippen molar-refractivity contribution in [3.05, 3.63) is 51.5 Å². The number of aryl methyl sites for hydroxylation is 1. The van der Waals surface area contributed by atoms with Crippen LogP contribution in [0.4, 0.5) is 4.39 Å². The van der Waals surface area contributed by atoms with E-state index in [1.165, 1.54) is 17.4 Å². The van der Waals surface area contributed by atoms with Gasteiger partial charge in [0.05, 0.1) is 11.5 Å². The van der Waals surface area contributed by atoms with E-state index in [1.54, 1.807) is 0 Å². The Kier molecular flexibility index (Phi) is 4.54. The minimum atomic E-state index is -3.72. The van der Waals surface area contributed by atoms with Gasteiger partial charge in [-0.2, -0.15) is 0 Å². The normalized spacial score (nSPS) is 11.8. The van der Waals surface area contributed by atoms with Gasteiger partial charge in [0.25, 0.3) is 0 Å². The van der Waals surface area contributed by atoms with Crippen LogP contribution in [0.3, 0.4) is 0 Å². The van der Waals surface area contributed by atoms with Gasteiger partial charge in [-0.1, -0.05) is 0 Å². The molecule has 0 unspecified atom stereocenters. The van der Waals surface area contributed by atoms with Crippen molar-refractivity contribution >= 4 is 21.4 Å². The lowest BCUT2D eigenvalue weighted by molar-refractivity contribution is 0.275. The molecule has 2 rings (SSSR count). The molecule has 0 saturated heterocycles. The van der Waals surface area contributed by atoms with Crippen LogP contribution in [-0.4, -0.2) is 13.5 Å². The lowest BCUT2D eigenvalue weighted by atomic mass is 10.2. The molecule has 2 aromatic rings. The summed E-state index contributed by atoms with van der Waals surface area (Å²) < 4.78 is 39.9. The van der Waals surface area contributed by atoms with E-state index in [0.29, 0.717) is 0 Å². The molecule has 0 aliphatic heterocycles. The number of nitrogens with one attached hydrogen (secondary N) is 1. The van der Waals surface area contributed by atoms with E-state index >= 15 is 0 Å². The van der Waals surface area contributed by atoms with Crippen molar-refractivity contribution < 1.29 is 17.9 Å². The molecule has 0 aliphatic carbocycles. The Hall–Kier alpha value is -1.28. The van der Waals surface area contributed by atoms with E-state index < -0.39 is 22.4 Å². The highest BCUT2D eigenvalue weighted by Crippen LogP contribution is 2.18. The Morgan fingerprint density at radius 3 is 2.65 bits per heavy atom. The van der Waals surface area contributed by atoms with E-state index in [9.17, 15) is 12.8 Å². The molecule has 0 saturated carbocycles. The number of rotatable bonds is 5. The molecule has 1 aromatic carbocycles. The Labute approximate surface area is 120 Å². The summed E-state index contributed by atoms with van der Waals surface area (Å²) in [5.41, 5.74) is -0.0418. The molecule has 0 fully saturated rings. The molecule has 2 N–H and O–H groups in total. The quantitative estimate of drug-likeness (QED) is 0.888. The molecular weight excluding hydrogens is 301 g/mol. The first-order valence-electron chi connectivity index (χ1n) is 5.86. The first-order chi connectivity index (χ1) is 9.42. The monoisotopic (exact) mass is 315 g/mol. The molecule has 1 heterocycles. The Morgan fingerprint density at radius 2 is 2.05 bits per heavy atom. The fourth-order valence-electron chi connectivity index (χ4n) is 1.67. The van der Waals surface area contributed by atoms with E-state index in [0.717, 1.165) is 21.9 Å². The van der Waals surface area contributed by atoms with Crippen molar-refractivity contribution in [3.8, 4) is 0 Å². The molecule has 108 valence electrons. The minimum Gasteiger partial charge on any atom is -0.392 e. The molecule has 1 aromatic heterocycles. The second kappa shape index (κ2) is 6.01. The third-order valence-electron chi connectivity index (χ3n) is 2.73. The average Bonchev–Trinajstić information content (AvgIpc) is 2.83. The molecule has 0 bridgehead atoms. The highest BCUT2D eigenvalue weighted by atomic mass is 32.2. The number of hydrogen-bond acceptors (Lipinski definition) is 4. The Balaban J connectivity index is 2.17. The molecule has 0 radical (unpaired) electrons. The standard InChI is InChI=1S/C13H14FNO3S2/c1-9-2-3-11(19-9)7-15-20(17,18)12-4-5-13(14)10(6-12)8-16/h2-6,15-16H,7-8H2,1H3. The zero-order valence-electron chi connectivity index (χ0n) is 10.8. The van der Waals surface area contributed by atoms with Gasteiger partial charge in [-0.15, -0.1) is 11.3 Å². The van der Waals surface area contributed by atoms with Gasteiger partial charge in [0.1, 0.15) is 5.82 Å². The van der Waals surface area contributed by atoms with Gasteiger partial charge in [-0.05, 0) is 37.3 Å². The van der Waals surface area contributed by atoms with Crippen LogP contribution in [0.1, 0.15) is 15.3 Å². The van der Waals surface area contributed by atoms with Gasteiger partial charge < -0.3 is 5.11 Å². The zero-order valence-corrected chi connectivity index (χ0v) is 12.4.